The van der Waals surface area contributed by atoms with Crippen LogP contribution in [0.5, 0.6) is 0 Å². The van der Waals surface area contributed by atoms with Crippen LogP contribution in [-0.4, -0.2) is 6.04 Å². The highest BCUT2D eigenvalue weighted by Gasteiger charge is 2.42. The SMILES string of the molecule is C/C=C\C(=C/N)c1ccc(N(C(/C=C\C)=C/C=C(C)/C(C)=C/C=C\N)c2ccc(C3=CC4c5cc(C6=CCCC=C6)cc(-c6ccccc6)c5N(c5ccccc5)C4CC3)cc2)cc1. The number of benzene rings is 5. The molecule has 2 aliphatic carbocycles. The highest BCUT2D eigenvalue weighted by molar-refractivity contribution is 5.93. The van der Waals surface area contributed by atoms with Gasteiger partial charge in [-0.3, -0.25) is 0 Å². The molecule has 0 aromatic heterocycles. The largest absolute Gasteiger partial charge is 0.405 e. The van der Waals surface area contributed by atoms with Crippen molar-refractivity contribution in [2.24, 2.45) is 11.5 Å². The van der Waals surface area contributed by atoms with Gasteiger partial charge in [0.1, 0.15) is 0 Å². The lowest BCUT2D eigenvalue weighted by molar-refractivity contribution is 0.572. The van der Waals surface area contributed by atoms with Crippen LogP contribution in [0.2, 0.25) is 0 Å². The molecule has 4 heteroatoms. The Morgan fingerprint density at radius 1 is 0.703 bits per heavy atom. The molecule has 0 bridgehead atoms. The molecule has 1 aliphatic heterocycles. The molecule has 5 aromatic rings. The Morgan fingerprint density at radius 2 is 1.39 bits per heavy atom. The van der Waals surface area contributed by atoms with Crippen LogP contribution >= 0.6 is 0 Å². The second-order valence-electron chi connectivity index (χ2n) is 16.7. The first kappa shape index (κ1) is 43.4. The van der Waals surface area contributed by atoms with Gasteiger partial charge in [-0.2, -0.15) is 0 Å². The van der Waals surface area contributed by atoms with E-state index in [-0.39, 0.29) is 5.92 Å². The molecule has 1 heterocycles. The van der Waals surface area contributed by atoms with Gasteiger partial charge in [0.25, 0.3) is 0 Å². The standard InChI is InChI=1S/C60H60N4/c1-5-17-50(42-62)47-29-35-55(36-30-47)63(52(18-6-2)32-26-44(4)43(3)19-16-38-61)54-33-27-46(28-34-54)49-31-37-59-57(39-49)58-41-51(45-20-10-7-11-21-45)40-56(48-22-12-8-13-23-48)60(58)64(59)53-24-14-9-15-25-53/h5-6,8-10,12-30,32-36,38-42,57,59H,7,11,31,37,61-62H2,1-4H3/b17-5-,18-6-,38-16-,43-19+,44-26+,50-42+,52-32+. The van der Waals surface area contributed by atoms with Crippen LogP contribution in [0, 0.1) is 0 Å². The summed E-state index contributed by atoms with van der Waals surface area (Å²) in [7, 11) is 0. The average Bonchev–Trinajstić information content (AvgIpc) is 3.68. The maximum Gasteiger partial charge on any atom is 0.0533 e. The predicted molar refractivity (Wildman–Crippen MR) is 276 cm³/mol. The van der Waals surface area contributed by atoms with Gasteiger partial charge in [-0.05, 0) is 182 Å². The Balaban J connectivity index is 1.22. The molecule has 5 aromatic carbocycles. The van der Waals surface area contributed by atoms with Gasteiger partial charge in [-0.15, -0.1) is 0 Å². The number of fused-ring (bicyclic) bond motifs is 3. The third kappa shape index (κ3) is 9.23. The number of rotatable bonds is 13. The maximum absolute atomic E-state index is 6.04. The van der Waals surface area contributed by atoms with Gasteiger partial charge in [0.2, 0.25) is 0 Å². The molecule has 4 N–H and O–H groups in total. The number of nitrogens with two attached hydrogens (primary N) is 2. The van der Waals surface area contributed by atoms with Gasteiger partial charge < -0.3 is 21.3 Å². The zero-order chi connectivity index (χ0) is 44.4. The Kier molecular flexibility index (Phi) is 13.7. The topological polar surface area (TPSA) is 58.5 Å². The first-order valence-electron chi connectivity index (χ1n) is 22.7. The monoisotopic (exact) mass is 836 g/mol. The molecule has 0 spiro atoms. The zero-order valence-corrected chi connectivity index (χ0v) is 37.7. The van der Waals surface area contributed by atoms with Crippen molar-refractivity contribution in [3.63, 3.8) is 0 Å². The lowest BCUT2D eigenvalue weighted by Crippen LogP contribution is -2.31. The van der Waals surface area contributed by atoms with Crippen molar-refractivity contribution < 1.29 is 0 Å². The number of para-hydroxylation sites is 1. The molecule has 0 saturated heterocycles. The van der Waals surface area contributed by atoms with Crippen molar-refractivity contribution in [2.75, 3.05) is 9.80 Å². The van der Waals surface area contributed by atoms with Crippen molar-refractivity contribution in [1.82, 2.24) is 0 Å². The van der Waals surface area contributed by atoms with Gasteiger partial charge in [0.05, 0.1) is 5.69 Å². The van der Waals surface area contributed by atoms with E-state index in [1.807, 2.05) is 31.2 Å². The minimum Gasteiger partial charge on any atom is -0.405 e. The summed E-state index contributed by atoms with van der Waals surface area (Å²) < 4.78 is 0. The molecule has 0 radical (unpaired) electrons. The lowest BCUT2D eigenvalue weighted by Gasteiger charge is -2.34. The van der Waals surface area contributed by atoms with Crippen LogP contribution in [0.1, 0.15) is 81.5 Å². The van der Waals surface area contributed by atoms with E-state index >= 15 is 0 Å². The average molecular weight is 837 g/mol. The van der Waals surface area contributed by atoms with Crippen molar-refractivity contribution >= 4 is 39.5 Å². The van der Waals surface area contributed by atoms with Crippen LogP contribution in [-0.2, 0) is 0 Å². The van der Waals surface area contributed by atoms with Crippen LogP contribution < -0.4 is 21.3 Å². The Morgan fingerprint density at radius 3 is 2.05 bits per heavy atom. The minimum absolute atomic E-state index is 0.233. The number of anilines is 4. The number of allylic oxidation sites excluding steroid dienone is 16. The molecule has 320 valence electrons. The van der Waals surface area contributed by atoms with Crippen LogP contribution in [0.4, 0.5) is 22.7 Å². The summed E-state index contributed by atoms with van der Waals surface area (Å²) in [4.78, 5) is 4.98. The quantitative estimate of drug-likeness (QED) is 0.116. The summed E-state index contributed by atoms with van der Waals surface area (Å²) in [6.45, 7) is 8.32. The van der Waals surface area contributed by atoms with E-state index < -0.39 is 0 Å². The van der Waals surface area contributed by atoms with E-state index in [2.05, 4.69) is 201 Å². The minimum atomic E-state index is 0.233. The van der Waals surface area contributed by atoms with E-state index in [0.717, 1.165) is 65.0 Å². The van der Waals surface area contributed by atoms with Gasteiger partial charge >= 0.3 is 0 Å². The van der Waals surface area contributed by atoms with E-state index in [1.54, 1.807) is 12.4 Å². The molecule has 0 amide bonds. The van der Waals surface area contributed by atoms with E-state index in [4.69, 9.17) is 11.5 Å². The highest BCUT2D eigenvalue weighted by atomic mass is 15.2. The Hall–Kier alpha value is -7.30. The summed E-state index contributed by atoms with van der Waals surface area (Å²) >= 11 is 0. The first-order chi connectivity index (χ1) is 31.4. The molecule has 0 saturated carbocycles. The fourth-order valence-corrected chi connectivity index (χ4v) is 9.36. The summed E-state index contributed by atoms with van der Waals surface area (Å²) in [5.41, 5.74) is 31.0. The van der Waals surface area contributed by atoms with Gasteiger partial charge in [0.15, 0.2) is 0 Å². The van der Waals surface area contributed by atoms with Gasteiger partial charge in [-0.1, -0.05) is 127 Å². The molecular weight excluding hydrogens is 777 g/mol. The van der Waals surface area contributed by atoms with E-state index in [1.165, 1.54) is 50.3 Å². The van der Waals surface area contributed by atoms with E-state index in [9.17, 15) is 0 Å². The fraction of sp³-hybridized carbons (Fsp3) is 0.167. The van der Waals surface area contributed by atoms with E-state index in [0.29, 0.717) is 6.04 Å². The molecule has 8 rings (SSSR count). The second-order valence-corrected chi connectivity index (χ2v) is 16.7. The summed E-state index contributed by atoms with van der Waals surface area (Å²) in [5.74, 6) is 0.233. The lowest BCUT2D eigenvalue weighted by atomic mass is 9.80. The van der Waals surface area contributed by atoms with Crippen LogP contribution in [0.15, 0.2) is 223 Å². The molecule has 64 heavy (non-hydrogen) atoms. The van der Waals surface area contributed by atoms with Crippen molar-refractivity contribution in [3.8, 4) is 11.1 Å². The number of hydrogen-bond acceptors (Lipinski definition) is 4. The maximum atomic E-state index is 6.04. The zero-order valence-electron chi connectivity index (χ0n) is 37.7. The van der Waals surface area contributed by atoms with Gasteiger partial charge in [-0.25, -0.2) is 0 Å². The molecule has 4 nitrogen and oxygen atoms in total. The molecule has 0 fully saturated rings. The molecular formula is C60H60N4. The second kappa shape index (κ2) is 20.3. The smallest absolute Gasteiger partial charge is 0.0533 e. The predicted octanol–water partition coefficient (Wildman–Crippen LogP) is 15.4. The first-order valence-corrected chi connectivity index (χ1v) is 22.7. The van der Waals surface area contributed by atoms with Gasteiger partial charge in [0, 0.05) is 46.5 Å². The molecule has 3 aliphatic rings. The number of nitrogens with zero attached hydrogens (tertiary/aromatic N) is 2. The highest BCUT2D eigenvalue weighted by Crippen LogP contribution is 2.55. The Labute approximate surface area is 381 Å². The van der Waals surface area contributed by atoms with Crippen molar-refractivity contribution in [1.29, 1.82) is 0 Å². The summed E-state index contributed by atoms with van der Waals surface area (Å²) in [5, 5.41) is 0. The Bertz CT molecular complexity index is 2750. The fourth-order valence-electron chi connectivity index (χ4n) is 9.36. The normalized spacial score (nSPS) is 18.2. The van der Waals surface area contributed by atoms with Crippen molar-refractivity contribution in [3.05, 3.63) is 246 Å². The number of hydrogen-bond donors (Lipinski definition) is 2. The molecule has 2 unspecified atom stereocenters. The molecule has 2 atom stereocenters. The van der Waals surface area contributed by atoms with Crippen molar-refractivity contribution in [2.45, 2.75) is 65.3 Å². The summed E-state index contributed by atoms with van der Waals surface area (Å²) in [6, 6.07) is 45.1. The third-order valence-electron chi connectivity index (χ3n) is 12.7. The third-order valence-corrected chi connectivity index (χ3v) is 12.7. The van der Waals surface area contributed by atoms with Crippen LogP contribution in [0.25, 0.3) is 27.8 Å². The summed E-state index contributed by atoms with van der Waals surface area (Å²) in [6.07, 6.45) is 33.7. The van der Waals surface area contributed by atoms with Crippen LogP contribution in [0.3, 0.4) is 0 Å².